The zero-order valence-electron chi connectivity index (χ0n) is 19.5. The van der Waals surface area contributed by atoms with Gasteiger partial charge in [0.15, 0.2) is 0 Å². The van der Waals surface area contributed by atoms with E-state index < -0.39 is 17.7 Å². The third kappa shape index (κ3) is 4.93. The van der Waals surface area contributed by atoms with Gasteiger partial charge in [-0.1, -0.05) is 12.1 Å². The third-order valence-electron chi connectivity index (χ3n) is 6.17. The molecule has 4 rings (SSSR count). The van der Waals surface area contributed by atoms with Crippen molar-refractivity contribution >= 4 is 17.4 Å². The van der Waals surface area contributed by atoms with Gasteiger partial charge >= 0.3 is 0 Å². The van der Waals surface area contributed by atoms with Crippen LogP contribution in [0.5, 0.6) is 11.5 Å². The standard InChI is InChI=1S/C26H30N2O6/c1-3-34-21-10-4-18(5-11-21)23-22(24(29)19-6-8-20(32-2)9-7-19)25(30)26(31)28(23)13-12-27-14-16-33-17-15-27/h4-11,23,29H,3,12-17H2,1-2H3/b24-22-. The summed E-state index contributed by atoms with van der Waals surface area (Å²) in [6, 6.07) is 13.4. The first-order valence-electron chi connectivity index (χ1n) is 11.5. The molecule has 8 nitrogen and oxygen atoms in total. The molecule has 1 unspecified atom stereocenters. The molecule has 2 heterocycles. The number of ether oxygens (including phenoxy) is 3. The summed E-state index contributed by atoms with van der Waals surface area (Å²) in [5.41, 5.74) is 1.27. The summed E-state index contributed by atoms with van der Waals surface area (Å²) >= 11 is 0. The minimum Gasteiger partial charge on any atom is -0.507 e. The van der Waals surface area contributed by atoms with E-state index in [1.165, 1.54) is 0 Å². The molecule has 34 heavy (non-hydrogen) atoms. The highest BCUT2D eigenvalue weighted by atomic mass is 16.5. The molecule has 1 N–H and O–H groups in total. The van der Waals surface area contributed by atoms with Crippen LogP contribution >= 0.6 is 0 Å². The van der Waals surface area contributed by atoms with Gasteiger partial charge < -0.3 is 24.2 Å². The van der Waals surface area contributed by atoms with Crippen LogP contribution in [-0.2, 0) is 14.3 Å². The maximum Gasteiger partial charge on any atom is 0.295 e. The topological polar surface area (TPSA) is 88.5 Å². The number of Topliss-reactive ketones (excluding diaryl/α,β-unsaturated/α-hetero) is 1. The molecule has 2 saturated heterocycles. The van der Waals surface area contributed by atoms with Gasteiger partial charge in [0.05, 0.1) is 38.5 Å². The van der Waals surface area contributed by atoms with E-state index in [0.29, 0.717) is 50.0 Å². The number of amides is 1. The molecule has 0 radical (unpaired) electrons. The van der Waals surface area contributed by atoms with Crippen LogP contribution in [0.2, 0.25) is 0 Å². The number of benzene rings is 2. The van der Waals surface area contributed by atoms with E-state index in [1.807, 2.05) is 31.2 Å². The third-order valence-corrected chi connectivity index (χ3v) is 6.17. The van der Waals surface area contributed by atoms with Crippen molar-refractivity contribution in [1.82, 2.24) is 9.80 Å². The van der Waals surface area contributed by atoms with Gasteiger partial charge in [0.25, 0.3) is 11.7 Å². The van der Waals surface area contributed by atoms with Crippen LogP contribution in [-0.4, -0.2) is 79.7 Å². The largest absolute Gasteiger partial charge is 0.507 e. The number of likely N-dealkylation sites (tertiary alicyclic amines) is 1. The Morgan fingerprint density at radius 1 is 1.00 bits per heavy atom. The number of hydrogen-bond acceptors (Lipinski definition) is 7. The van der Waals surface area contributed by atoms with Crippen molar-refractivity contribution in [3.8, 4) is 11.5 Å². The highest BCUT2D eigenvalue weighted by Crippen LogP contribution is 2.39. The second-order valence-electron chi connectivity index (χ2n) is 8.18. The molecule has 0 aliphatic carbocycles. The molecular formula is C26H30N2O6. The number of hydrogen-bond donors (Lipinski definition) is 1. The summed E-state index contributed by atoms with van der Waals surface area (Å²) in [4.78, 5) is 30.1. The Hall–Kier alpha value is -3.36. The lowest BCUT2D eigenvalue weighted by atomic mass is 9.95. The summed E-state index contributed by atoms with van der Waals surface area (Å²) in [5.74, 6) is -0.164. The van der Waals surface area contributed by atoms with E-state index in [9.17, 15) is 14.7 Å². The first-order chi connectivity index (χ1) is 16.5. The van der Waals surface area contributed by atoms with E-state index in [0.717, 1.165) is 18.7 Å². The van der Waals surface area contributed by atoms with Crippen molar-refractivity contribution in [1.29, 1.82) is 0 Å². The SMILES string of the molecule is CCOc1ccc(C2/C(=C(/O)c3ccc(OC)cc3)C(=O)C(=O)N2CCN2CCOCC2)cc1. The van der Waals surface area contributed by atoms with Gasteiger partial charge in [0.1, 0.15) is 17.3 Å². The van der Waals surface area contributed by atoms with Gasteiger partial charge in [0.2, 0.25) is 0 Å². The molecule has 1 atom stereocenters. The number of aliphatic hydroxyl groups is 1. The fourth-order valence-corrected chi connectivity index (χ4v) is 4.35. The maximum absolute atomic E-state index is 13.2. The fraction of sp³-hybridized carbons (Fsp3) is 0.385. The fourth-order valence-electron chi connectivity index (χ4n) is 4.35. The first kappa shape index (κ1) is 23.8. The maximum atomic E-state index is 13.2. The zero-order valence-corrected chi connectivity index (χ0v) is 19.5. The number of rotatable bonds is 8. The molecule has 2 aliphatic rings. The summed E-state index contributed by atoms with van der Waals surface area (Å²) in [6.07, 6.45) is 0. The highest BCUT2D eigenvalue weighted by molar-refractivity contribution is 6.46. The number of morpholine rings is 1. The Labute approximate surface area is 199 Å². The van der Waals surface area contributed by atoms with Gasteiger partial charge in [-0.3, -0.25) is 14.5 Å². The van der Waals surface area contributed by atoms with Gasteiger partial charge in [-0.25, -0.2) is 0 Å². The van der Waals surface area contributed by atoms with E-state index >= 15 is 0 Å². The predicted molar refractivity (Wildman–Crippen MR) is 127 cm³/mol. The summed E-state index contributed by atoms with van der Waals surface area (Å²) in [5, 5.41) is 11.2. The molecule has 1 amide bonds. The molecule has 0 bridgehead atoms. The molecule has 0 spiro atoms. The summed E-state index contributed by atoms with van der Waals surface area (Å²) in [6.45, 7) is 6.29. The number of carbonyl (C=O) groups is 2. The van der Waals surface area contributed by atoms with E-state index in [1.54, 1.807) is 36.3 Å². The number of nitrogens with zero attached hydrogens (tertiary/aromatic N) is 2. The van der Waals surface area contributed by atoms with Crippen molar-refractivity contribution in [2.24, 2.45) is 0 Å². The minimum atomic E-state index is -0.696. The molecule has 2 aromatic rings. The smallest absolute Gasteiger partial charge is 0.295 e. The van der Waals surface area contributed by atoms with Crippen LogP contribution < -0.4 is 9.47 Å². The van der Waals surface area contributed by atoms with Gasteiger partial charge in [-0.2, -0.15) is 0 Å². The van der Waals surface area contributed by atoms with Crippen LogP contribution in [0.15, 0.2) is 54.1 Å². The van der Waals surface area contributed by atoms with Crippen molar-refractivity contribution in [3.05, 3.63) is 65.2 Å². The van der Waals surface area contributed by atoms with Crippen molar-refractivity contribution < 1.29 is 28.9 Å². The van der Waals surface area contributed by atoms with Crippen LogP contribution in [0.4, 0.5) is 0 Å². The number of ketones is 1. The molecular weight excluding hydrogens is 436 g/mol. The van der Waals surface area contributed by atoms with E-state index in [4.69, 9.17) is 14.2 Å². The number of aliphatic hydroxyl groups excluding tert-OH is 1. The lowest BCUT2D eigenvalue weighted by Crippen LogP contribution is -2.42. The molecule has 2 fully saturated rings. The molecule has 0 saturated carbocycles. The lowest BCUT2D eigenvalue weighted by molar-refractivity contribution is -0.140. The normalized spacial score (nSPS) is 20.5. The second kappa shape index (κ2) is 10.7. The van der Waals surface area contributed by atoms with Gasteiger partial charge in [-0.15, -0.1) is 0 Å². The Morgan fingerprint density at radius 3 is 2.26 bits per heavy atom. The molecule has 2 aliphatic heterocycles. The summed E-state index contributed by atoms with van der Waals surface area (Å²) in [7, 11) is 1.56. The van der Waals surface area contributed by atoms with E-state index in [2.05, 4.69) is 4.90 Å². The molecule has 8 heteroatoms. The molecule has 180 valence electrons. The molecule has 0 aromatic heterocycles. The molecule has 2 aromatic carbocycles. The van der Waals surface area contributed by atoms with Crippen LogP contribution in [0.25, 0.3) is 5.76 Å². The Balaban J connectivity index is 1.71. The summed E-state index contributed by atoms with van der Waals surface area (Å²) < 4.78 is 16.1. The number of methoxy groups -OCH3 is 1. The van der Waals surface area contributed by atoms with E-state index in [-0.39, 0.29) is 11.3 Å². The van der Waals surface area contributed by atoms with Crippen LogP contribution in [0.1, 0.15) is 24.1 Å². The Kier molecular flexibility index (Phi) is 7.49. The second-order valence-corrected chi connectivity index (χ2v) is 8.18. The minimum absolute atomic E-state index is 0.0845. The monoisotopic (exact) mass is 466 g/mol. The zero-order chi connectivity index (χ0) is 24.1. The van der Waals surface area contributed by atoms with Crippen LogP contribution in [0.3, 0.4) is 0 Å². The highest BCUT2D eigenvalue weighted by Gasteiger charge is 2.46. The Morgan fingerprint density at radius 2 is 1.65 bits per heavy atom. The first-order valence-corrected chi connectivity index (χ1v) is 11.5. The number of carbonyl (C=O) groups excluding carboxylic acids is 2. The van der Waals surface area contributed by atoms with Crippen molar-refractivity contribution in [2.75, 3.05) is 53.1 Å². The van der Waals surface area contributed by atoms with Gasteiger partial charge in [-0.05, 0) is 48.9 Å². The van der Waals surface area contributed by atoms with Gasteiger partial charge in [0, 0.05) is 31.7 Å². The lowest BCUT2D eigenvalue weighted by Gasteiger charge is -2.31. The Bertz CT molecular complexity index is 1040. The average Bonchev–Trinajstić information content (AvgIpc) is 3.13. The van der Waals surface area contributed by atoms with Crippen molar-refractivity contribution in [2.45, 2.75) is 13.0 Å². The quantitative estimate of drug-likeness (QED) is 0.364. The van der Waals surface area contributed by atoms with Crippen LogP contribution in [0, 0.1) is 0 Å². The predicted octanol–water partition coefficient (Wildman–Crippen LogP) is 2.85. The average molecular weight is 467 g/mol. The van der Waals surface area contributed by atoms with Crippen molar-refractivity contribution in [3.63, 3.8) is 0 Å².